The van der Waals surface area contributed by atoms with E-state index in [4.69, 9.17) is 4.74 Å². The minimum absolute atomic E-state index is 0.181. The van der Waals surface area contributed by atoms with Gasteiger partial charge in [0.1, 0.15) is 11.6 Å². The van der Waals surface area contributed by atoms with Gasteiger partial charge in [-0.1, -0.05) is 18.2 Å². The second-order valence-electron chi connectivity index (χ2n) is 4.95. The van der Waals surface area contributed by atoms with Gasteiger partial charge >= 0.3 is 0 Å². The summed E-state index contributed by atoms with van der Waals surface area (Å²) in [6, 6.07) is 13.0. The third kappa shape index (κ3) is 4.55. The molecule has 0 radical (unpaired) electrons. The maximum absolute atomic E-state index is 13.1. The molecule has 112 valence electrons. The first kappa shape index (κ1) is 16.0. The highest BCUT2D eigenvalue weighted by Crippen LogP contribution is 2.27. The number of methoxy groups -OCH3 is 1. The molecule has 0 aliphatic rings. The lowest BCUT2D eigenvalue weighted by Gasteiger charge is -2.15. The third-order valence-corrected chi connectivity index (χ3v) is 4.05. The summed E-state index contributed by atoms with van der Waals surface area (Å²) >= 11 is 3.49. The van der Waals surface area contributed by atoms with Gasteiger partial charge in [0.05, 0.1) is 11.6 Å². The van der Waals surface area contributed by atoms with E-state index >= 15 is 0 Å². The number of ether oxygens (including phenoxy) is 1. The summed E-state index contributed by atoms with van der Waals surface area (Å²) in [7, 11) is 1.65. The summed E-state index contributed by atoms with van der Waals surface area (Å²) in [6.07, 6.45) is 0.805. The lowest BCUT2D eigenvalue weighted by Crippen LogP contribution is -2.21. The molecule has 2 aromatic rings. The van der Waals surface area contributed by atoms with Crippen molar-refractivity contribution < 1.29 is 9.13 Å². The molecule has 1 unspecified atom stereocenters. The van der Waals surface area contributed by atoms with Crippen LogP contribution < -0.4 is 10.1 Å². The van der Waals surface area contributed by atoms with E-state index in [2.05, 4.69) is 34.2 Å². The first-order chi connectivity index (χ1) is 10.1. The van der Waals surface area contributed by atoms with E-state index < -0.39 is 0 Å². The molecule has 0 saturated heterocycles. The molecule has 2 rings (SSSR count). The average Bonchev–Trinajstić information content (AvgIpc) is 2.47. The van der Waals surface area contributed by atoms with Crippen LogP contribution in [0.4, 0.5) is 4.39 Å². The van der Waals surface area contributed by atoms with Crippen molar-refractivity contribution in [1.29, 1.82) is 0 Å². The van der Waals surface area contributed by atoms with Crippen molar-refractivity contribution in [2.24, 2.45) is 0 Å². The normalized spacial score (nSPS) is 12.2. The topological polar surface area (TPSA) is 21.3 Å². The Morgan fingerprint density at radius 3 is 2.71 bits per heavy atom. The second kappa shape index (κ2) is 7.57. The minimum atomic E-state index is -0.181. The molecule has 0 aliphatic heterocycles. The van der Waals surface area contributed by atoms with Crippen LogP contribution in [0.5, 0.6) is 5.75 Å². The highest BCUT2D eigenvalue weighted by atomic mass is 79.9. The van der Waals surface area contributed by atoms with Crippen molar-refractivity contribution in [1.82, 2.24) is 5.32 Å². The molecule has 0 saturated carbocycles. The van der Waals surface area contributed by atoms with Gasteiger partial charge in [0.2, 0.25) is 0 Å². The van der Waals surface area contributed by atoms with Crippen molar-refractivity contribution >= 4 is 15.9 Å². The van der Waals surface area contributed by atoms with Crippen molar-refractivity contribution in [3.8, 4) is 5.75 Å². The van der Waals surface area contributed by atoms with Gasteiger partial charge in [0, 0.05) is 6.04 Å². The van der Waals surface area contributed by atoms with Crippen molar-refractivity contribution in [3.05, 3.63) is 63.9 Å². The van der Waals surface area contributed by atoms with Crippen molar-refractivity contribution in [3.63, 3.8) is 0 Å². The Bertz CT molecular complexity index is 603. The standard InChI is InChI=1S/C17H19BrFNO/c1-12(14-6-7-17(21-2)16(18)11-14)20-9-8-13-4-3-5-15(19)10-13/h3-7,10-12,20H,8-9H2,1-2H3. The monoisotopic (exact) mass is 351 g/mol. The fraction of sp³-hybridized carbons (Fsp3) is 0.294. The Labute approximate surface area is 133 Å². The zero-order chi connectivity index (χ0) is 15.2. The molecule has 0 heterocycles. The summed E-state index contributed by atoms with van der Waals surface area (Å²) in [6.45, 7) is 2.91. The summed E-state index contributed by atoms with van der Waals surface area (Å²) in [5.74, 6) is 0.644. The Hall–Kier alpha value is -1.39. The molecule has 1 N–H and O–H groups in total. The Morgan fingerprint density at radius 1 is 1.24 bits per heavy atom. The fourth-order valence-electron chi connectivity index (χ4n) is 2.20. The molecule has 0 aromatic heterocycles. The van der Waals surface area contributed by atoms with Gasteiger partial charge in [0.15, 0.2) is 0 Å². The first-order valence-electron chi connectivity index (χ1n) is 6.91. The molecule has 0 fully saturated rings. The van der Waals surface area contributed by atoms with E-state index in [0.29, 0.717) is 0 Å². The van der Waals surface area contributed by atoms with Gasteiger partial charge in [-0.2, -0.15) is 0 Å². The summed E-state index contributed by atoms with van der Waals surface area (Å²) < 4.78 is 19.3. The summed E-state index contributed by atoms with van der Waals surface area (Å²) in [5, 5.41) is 3.45. The lowest BCUT2D eigenvalue weighted by molar-refractivity contribution is 0.411. The zero-order valence-corrected chi connectivity index (χ0v) is 13.8. The molecular formula is C17H19BrFNO. The number of benzene rings is 2. The molecule has 21 heavy (non-hydrogen) atoms. The number of hydrogen-bond donors (Lipinski definition) is 1. The smallest absolute Gasteiger partial charge is 0.133 e. The quantitative estimate of drug-likeness (QED) is 0.827. The predicted molar refractivity (Wildman–Crippen MR) is 87.2 cm³/mol. The first-order valence-corrected chi connectivity index (χ1v) is 7.70. The van der Waals surface area contributed by atoms with E-state index in [9.17, 15) is 4.39 Å². The van der Waals surface area contributed by atoms with Crippen molar-refractivity contribution in [2.45, 2.75) is 19.4 Å². The number of hydrogen-bond acceptors (Lipinski definition) is 2. The van der Waals surface area contributed by atoms with Crippen LogP contribution in [-0.4, -0.2) is 13.7 Å². The van der Waals surface area contributed by atoms with Crippen LogP contribution >= 0.6 is 15.9 Å². The van der Waals surface area contributed by atoms with Gasteiger partial charge in [-0.3, -0.25) is 0 Å². The number of halogens is 2. The van der Waals surface area contributed by atoms with E-state index in [1.165, 1.54) is 11.6 Å². The van der Waals surface area contributed by atoms with E-state index in [1.54, 1.807) is 19.2 Å². The number of rotatable bonds is 6. The average molecular weight is 352 g/mol. The van der Waals surface area contributed by atoms with Gasteiger partial charge in [0.25, 0.3) is 0 Å². The van der Waals surface area contributed by atoms with Crippen LogP contribution in [-0.2, 0) is 6.42 Å². The maximum Gasteiger partial charge on any atom is 0.133 e. The lowest BCUT2D eigenvalue weighted by atomic mass is 10.1. The summed E-state index contributed by atoms with van der Waals surface area (Å²) in [5.41, 5.74) is 2.19. The van der Waals surface area contributed by atoms with Gasteiger partial charge < -0.3 is 10.1 Å². The van der Waals surface area contributed by atoms with E-state index in [0.717, 1.165) is 28.8 Å². The molecule has 4 heteroatoms. The van der Waals surface area contributed by atoms with Crippen LogP contribution in [0, 0.1) is 5.82 Å². The van der Waals surface area contributed by atoms with Gasteiger partial charge in [-0.05, 0) is 71.2 Å². The molecule has 1 atom stereocenters. The molecule has 0 spiro atoms. The van der Waals surface area contributed by atoms with Crippen molar-refractivity contribution in [2.75, 3.05) is 13.7 Å². The minimum Gasteiger partial charge on any atom is -0.496 e. The van der Waals surface area contributed by atoms with Gasteiger partial charge in [-0.15, -0.1) is 0 Å². The molecule has 0 bridgehead atoms. The summed E-state index contributed by atoms with van der Waals surface area (Å²) in [4.78, 5) is 0. The van der Waals surface area contributed by atoms with Crippen LogP contribution in [0.3, 0.4) is 0 Å². The molecular weight excluding hydrogens is 333 g/mol. The number of nitrogens with one attached hydrogen (secondary N) is 1. The van der Waals surface area contributed by atoms with Crippen LogP contribution in [0.2, 0.25) is 0 Å². The zero-order valence-electron chi connectivity index (χ0n) is 12.2. The molecule has 2 aromatic carbocycles. The Balaban J connectivity index is 1.89. The third-order valence-electron chi connectivity index (χ3n) is 3.43. The highest BCUT2D eigenvalue weighted by molar-refractivity contribution is 9.10. The van der Waals surface area contributed by atoms with E-state index in [1.807, 2.05) is 18.2 Å². The predicted octanol–water partition coefficient (Wildman–Crippen LogP) is 4.49. The van der Waals surface area contributed by atoms with Crippen LogP contribution in [0.25, 0.3) is 0 Å². The fourth-order valence-corrected chi connectivity index (χ4v) is 2.75. The Morgan fingerprint density at radius 2 is 2.05 bits per heavy atom. The molecule has 2 nitrogen and oxygen atoms in total. The molecule has 0 amide bonds. The second-order valence-corrected chi connectivity index (χ2v) is 5.80. The van der Waals surface area contributed by atoms with Gasteiger partial charge in [-0.25, -0.2) is 4.39 Å². The SMILES string of the molecule is COc1ccc(C(C)NCCc2cccc(F)c2)cc1Br. The van der Waals surface area contributed by atoms with Crippen LogP contribution in [0.1, 0.15) is 24.1 Å². The largest absolute Gasteiger partial charge is 0.496 e. The van der Waals surface area contributed by atoms with E-state index in [-0.39, 0.29) is 11.9 Å². The maximum atomic E-state index is 13.1. The van der Waals surface area contributed by atoms with Crippen LogP contribution in [0.15, 0.2) is 46.9 Å². The Kier molecular flexibility index (Phi) is 5.76. The highest BCUT2D eigenvalue weighted by Gasteiger charge is 2.08. The molecule has 0 aliphatic carbocycles.